The lowest BCUT2D eigenvalue weighted by molar-refractivity contribution is 0.106. The fourth-order valence-corrected chi connectivity index (χ4v) is 1.73. The minimum atomic E-state index is 0.168. The minimum absolute atomic E-state index is 0.168. The zero-order valence-electron chi connectivity index (χ0n) is 10.5. The lowest BCUT2D eigenvalue weighted by atomic mass is 10.2. The van der Waals surface area contributed by atoms with Crippen molar-refractivity contribution in [3.8, 4) is 0 Å². The van der Waals surface area contributed by atoms with E-state index in [0.29, 0.717) is 0 Å². The topological polar surface area (TPSA) is 34.1 Å². The molecule has 1 aromatic carbocycles. The predicted molar refractivity (Wildman–Crippen MR) is 71.3 cm³/mol. The van der Waals surface area contributed by atoms with Crippen LogP contribution in [0, 0.1) is 0 Å². The Kier molecular flexibility index (Phi) is 3.59. The van der Waals surface area contributed by atoms with Gasteiger partial charge in [-0.15, -0.1) is 0 Å². The number of rotatable bonds is 4. The van der Waals surface area contributed by atoms with E-state index in [1.165, 1.54) is 0 Å². The highest BCUT2D eigenvalue weighted by Gasteiger charge is 2.10. The third-order valence-electron chi connectivity index (χ3n) is 3.06. The van der Waals surface area contributed by atoms with Crippen molar-refractivity contribution in [1.82, 2.24) is 4.98 Å². The maximum absolute atomic E-state index is 5.29. The summed E-state index contributed by atoms with van der Waals surface area (Å²) in [5, 5.41) is 4.55. The molecular weight excluding hydrogens is 212 g/mol. The zero-order valence-corrected chi connectivity index (χ0v) is 10.5. The largest absolute Gasteiger partial charge is 0.380 e. The SMILES string of the molecule is COC(C)C(C)Nc1cnc2ccccc2c1. The first kappa shape index (κ1) is 11.9. The van der Waals surface area contributed by atoms with Crippen LogP contribution in [-0.2, 0) is 4.74 Å². The molecule has 1 aromatic heterocycles. The molecule has 0 saturated heterocycles. The molecule has 1 N–H and O–H groups in total. The smallest absolute Gasteiger partial charge is 0.0741 e. The Morgan fingerprint density at radius 3 is 2.76 bits per heavy atom. The molecule has 0 aliphatic heterocycles. The molecule has 0 saturated carbocycles. The molecule has 2 atom stereocenters. The second kappa shape index (κ2) is 5.15. The first-order valence-electron chi connectivity index (χ1n) is 5.85. The van der Waals surface area contributed by atoms with Gasteiger partial charge in [0.25, 0.3) is 0 Å². The Balaban J connectivity index is 2.19. The molecule has 0 amide bonds. The van der Waals surface area contributed by atoms with Crippen LogP contribution >= 0.6 is 0 Å². The number of hydrogen-bond donors (Lipinski definition) is 1. The summed E-state index contributed by atoms with van der Waals surface area (Å²) in [6.07, 6.45) is 2.03. The van der Waals surface area contributed by atoms with Crippen molar-refractivity contribution in [2.24, 2.45) is 0 Å². The highest BCUT2D eigenvalue weighted by Crippen LogP contribution is 2.17. The third-order valence-corrected chi connectivity index (χ3v) is 3.06. The summed E-state index contributed by atoms with van der Waals surface area (Å²) in [7, 11) is 1.72. The minimum Gasteiger partial charge on any atom is -0.380 e. The zero-order chi connectivity index (χ0) is 12.3. The summed E-state index contributed by atoms with van der Waals surface area (Å²) in [4.78, 5) is 4.42. The van der Waals surface area contributed by atoms with E-state index in [2.05, 4.69) is 29.4 Å². The Morgan fingerprint density at radius 2 is 2.00 bits per heavy atom. The van der Waals surface area contributed by atoms with Gasteiger partial charge in [-0.3, -0.25) is 4.98 Å². The maximum Gasteiger partial charge on any atom is 0.0741 e. The normalized spacial score (nSPS) is 14.5. The number of nitrogens with zero attached hydrogens (tertiary/aromatic N) is 1. The summed E-state index contributed by atoms with van der Waals surface area (Å²) in [6.45, 7) is 4.15. The van der Waals surface area contributed by atoms with E-state index in [4.69, 9.17) is 4.74 Å². The number of hydrogen-bond acceptors (Lipinski definition) is 3. The van der Waals surface area contributed by atoms with Gasteiger partial charge in [0.2, 0.25) is 0 Å². The van der Waals surface area contributed by atoms with Crippen molar-refractivity contribution >= 4 is 16.6 Å². The van der Waals surface area contributed by atoms with Crippen LogP contribution in [0.1, 0.15) is 13.8 Å². The lowest BCUT2D eigenvalue weighted by Gasteiger charge is -2.20. The number of nitrogens with one attached hydrogen (secondary N) is 1. The first-order chi connectivity index (χ1) is 8.20. The van der Waals surface area contributed by atoms with E-state index in [1.54, 1.807) is 7.11 Å². The average molecular weight is 230 g/mol. The molecule has 0 radical (unpaired) electrons. The summed E-state index contributed by atoms with van der Waals surface area (Å²) >= 11 is 0. The van der Waals surface area contributed by atoms with Crippen LogP contribution in [0.3, 0.4) is 0 Å². The highest BCUT2D eigenvalue weighted by atomic mass is 16.5. The van der Waals surface area contributed by atoms with Gasteiger partial charge >= 0.3 is 0 Å². The first-order valence-corrected chi connectivity index (χ1v) is 5.85. The van der Waals surface area contributed by atoms with E-state index in [1.807, 2.05) is 31.3 Å². The number of para-hydroxylation sites is 1. The number of anilines is 1. The fraction of sp³-hybridized carbons (Fsp3) is 0.357. The van der Waals surface area contributed by atoms with Gasteiger partial charge in [0.1, 0.15) is 0 Å². The van der Waals surface area contributed by atoms with Gasteiger partial charge in [-0.1, -0.05) is 18.2 Å². The number of ether oxygens (including phenoxy) is 1. The van der Waals surface area contributed by atoms with Crippen LogP contribution in [-0.4, -0.2) is 24.2 Å². The molecule has 2 unspecified atom stereocenters. The van der Waals surface area contributed by atoms with Crippen LogP contribution in [0.2, 0.25) is 0 Å². The Morgan fingerprint density at radius 1 is 1.24 bits per heavy atom. The molecule has 0 aliphatic rings. The number of fused-ring (bicyclic) bond motifs is 1. The molecule has 0 spiro atoms. The van der Waals surface area contributed by atoms with Crippen LogP contribution in [0.5, 0.6) is 0 Å². The van der Waals surface area contributed by atoms with Crippen LogP contribution in [0.15, 0.2) is 36.5 Å². The molecular formula is C14H18N2O. The molecule has 17 heavy (non-hydrogen) atoms. The number of aromatic nitrogens is 1. The van der Waals surface area contributed by atoms with Crippen LogP contribution in [0.4, 0.5) is 5.69 Å². The van der Waals surface area contributed by atoms with E-state index >= 15 is 0 Å². The molecule has 2 aromatic rings. The monoisotopic (exact) mass is 230 g/mol. The molecule has 3 nitrogen and oxygen atoms in total. The van der Waals surface area contributed by atoms with Gasteiger partial charge in [0.15, 0.2) is 0 Å². The van der Waals surface area contributed by atoms with Gasteiger partial charge in [-0.05, 0) is 26.0 Å². The molecule has 3 heteroatoms. The Hall–Kier alpha value is -1.61. The highest BCUT2D eigenvalue weighted by molar-refractivity contribution is 5.81. The average Bonchev–Trinajstić information content (AvgIpc) is 2.37. The quantitative estimate of drug-likeness (QED) is 0.876. The number of methoxy groups -OCH3 is 1. The maximum atomic E-state index is 5.29. The van der Waals surface area contributed by atoms with Gasteiger partial charge in [0.05, 0.1) is 23.5 Å². The Labute approximate surface area is 102 Å². The van der Waals surface area contributed by atoms with Gasteiger partial charge in [-0.2, -0.15) is 0 Å². The van der Waals surface area contributed by atoms with E-state index in [-0.39, 0.29) is 12.1 Å². The van der Waals surface area contributed by atoms with Crippen molar-refractivity contribution in [1.29, 1.82) is 0 Å². The summed E-state index contributed by atoms with van der Waals surface area (Å²) in [5.41, 5.74) is 2.05. The Bertz CT molecular complexity index is 498. The summed E-state index contributed by atoms with van der Waals surface area (Å²) in [6, 6.07) is 10.5. The predicted octanol–water partition coefficient (Wildman–Crippen LogP) is 3.07. The molecule has 1 heterocycles. The third kappa shape index (κ3) is 2.74. The molecule has 0 bridgehead atoms. The van der Waals surface area contributed by atoms with Crippen molar-refractivity contribution in [2.75, 3.05) is 12.4 Å². The number of benzene rings is 1. The molecule has 90 valence electrons. The van der Waals surface area contributed by atoms with Crippen LogP contribution < -0.4 is 5.32 Å². The second-order valence-corrected chi connectivity index (χ2v) is 4.29. The summed E-state index contributed by atoms with van der Waals surface area (Å²) in [5.74, 6) is 0. The van der Waals surface area contributed by atoms with E-state index in [9.17, 15) is 0 Å². The van der Waals surface area contributed by atoms with Gasteiger partial charge in [-0.25, -0.2) is 0 Å². The second-order valence-electron chi connectivity index (χ2n) is 4.29. The molecule has 2 rings (SSSR count). The standard InChI is InChI=1S/C14H18N2O/c1-10(11(2)17-3)16-13-8-12-6-4-5-7-14(12)15-9-13/h4-11,16H,1-3H3. The molecule has 0 fully saturated rings. The van der Waals surface area contributed by atoms with E-state index < -0.39 is 0 Å². The van der Waals surface area contributed by atoms with E-state index in [0.717, 1.165) is 16.6 Å². The van der Waals surface area contributed by atoms with Crippen molar-refractivity contribution < 1.29 is 4.74 Å². The van der Waals surface area contributed by atoms with Crippen LogP contribution in [0.25, 0.3) is 10.9 Å². The number of pyridine rings is 1. The lowest BCUT2D eigenvalue weighted by Crippen LogP contribution is -2.29. The molecule has 0 aliphatic carbocycles. The fourth-order valence-electron chi connectivity index (χ4n) is 1.73. The van der Waals surface area contributed by atoms with Crippen molar-refractivity contribution in [3.05, 3.63) is 36.5 Å². The van der Waals surface area contributed by atoms with Gasteiger partial charge < -0.3 is 10.1 Å². The van der Waals surface area contributed by atoms with Crippen molar-refractivity contribution in [2.45, 2.75) is 26.0 Å². The summed E-state index contributed by atoms with van der Waals surface area (Å²) < 4.78 is 5.29. The van der Waals surface area contributed by atoms with Crippen molar-refractivity contribution in [3.63, 3.8) is 0 Å². The van der Waals surface area contributed by atoms with Gasteiger partial charge in [0, 0.05) is 18.5 Å².